The molecule has 4 rings (SSSR count). The maximum atomic E-state index is 3.70. The molecule has 1 heterocycles. The fraction of sp³-hybridized carbons (Fsp3) is 0.333. The van der Waals surface area contributed by atoms with Gasteiger partial charge in [-0.05, 0) is 43.0 Å². The second-order valence-corrected chi connectivity index (χ2v) is 5.96. The summed E-state index contributed by atoms with van der Waals surface area (Å²) >= 11 is 0. The lowest BCUT2D eigenvalue weighted by Gasteiger charge is -2.33. The SMILES string of the molecule is c1ccc(NC2CCC3Nc4ccccc4C3C2)cc1. The van der Waals surface area contributed by atoms with E-state index in [1.54, 1.807) is 0 Å². The number of para-hydroxylation sites is 2. The van der Waals surface area contributed by atoms with Gasteiger partial charge in [-0.3, -0.25) is 0 Å². The summed E-state index contributed by atoms with van der Waals surface area (Å²) in [5.41, 5.74) is 4.11. The first kappa shape index (κ1) is 11.8. The molecule has 2 N–H and O–H groups in total. The largest absolute Gasteiger partial charge is 0.382 e. The van der Waals surface area contributed by atoms with E-state index >= 15 is 0 Å². The molecule has 0 bridgehead atoms. The Balaban J connectivity index is 1.51. The highest BCUT2D eigenvalue weighted by Crippen LogP contribution is 2.44. The minimum atomic E-state index is 0.589. The molecule has 102 valence electrons. The normalized spacial score (nSPS) is 27.3. The summed E-state index contributed by atoms with van der Waals surface area (Å²) in [5, 5.41) is 7.39. The summed E-state index contributed by atoms with van der Waals surface area (Å²) in [6.07, 6.45) is 3.73. The lowest BCUT2D eigenvalue weighted by Crippen LogP contribution is -2.34. The van der Waals surface area contributed by atoms with Crippen LogP contribution in [0.25, 0.3) is 0 Å². The number of hydrogen-bond acceptors (Lipinski definition) is 2. The van der Waals surface area contributed by atoms with Crippen LogP contribution in [0, 0.1) is 0 Å². The molecule has 0 radical (unpaired) electrons. The van der Waals surface area contributed by atoms with Gasteiger partial charge >= 0.3 is 0 Å². The molecule has 20 heavy (non-hydrogen) atoms. The van der Waals surface area contributed by atoms with E-state index in [1.165, 1.54) is 36.2 Å². The van der Waals surface area contributed by atoms with Crippen molar-refractivity contribution in [3.63, 3.8) is 0 Å². The minimum absolute atomic E-state index is 0.589. The summed E-state index contributed by atoms with van der Waals surface area (Å²) in [6.45, 7) is 0. The van der Waals surface area contributed by atoms with Crippen LogP contribution in [0.4, 0.5) is 11.4 Å². The van der Waals surface area contributed by atoms with Gasteiger partial charge in [0.2, 0.25) is 0 Å². The van der Waals surface area contributed by atoms with Crippen molar-refractivity contribution < 1.29 is 0 Å². The van der Waals surface area contributed by atoms with Crippen molar-refractivity contribution in [1.29, 1.82) is 0 Å². The fourth-order valence-electron chi connectivity index (χ4n) is 3.74. The lowest BCUT2D eigenvalue weighted by molar-refractivity contribution is 0.392. The Hall–Kier alpha value is -1.96. The molecule has 0 amide bonds. The van der Waals surface area contributed by atoms with Crippen LogP contribution in [0.3, 0.4) is 0 Å². The molecule has 1 aliphatic carbocycles. The maximum Gasteiger partial charge on any atom is 0.0378 e. The van der Waals surface area contributed by atoms with Crippen LogP contribution in [0.2, 0.25) is 0 Å². The third-order valence-corrected chi connectivity index (χ3v) is 4.70. The average molecular weight is 264 g/mol. The summed E-state index contributed by atoms with van der Waals surface area (Å²) in [4.78, 5) is 0. The average Bonchev–Trinajstić information content (AvgIpc) is 2.86. The highest BCUT2D eigenvalue weighted by atomic mass is 15.0. The number of nitrogens with one attached hydrogen (secondary N) is 2. The van der Waals surface area contributed by atoms with Crippen molar-refractivity contribution in [2.75, 3.05) is 10.6 Å². The highest BCUT2D eigenvalue weighted by molar-refractivity contribution is 5.59. The van der Waals surface area contributed by atoms with Crippen molar-refractivity contribution in [1.82, 2.24) is 0 Å². The molecule has 2 aromatic rings. The maximum absolute atomic E-state index is 3.70. The third-order valence-electron chi connectivity index (χ3n) is 4.70. The van der Waals surface area contributed by atoms with E-state index in [0.29, 0.717) is 18.0 Å². The smallest absolute Gasteiger partial charge is 0.0378 e. The zero-order chi connectivity index (χ0) is 13.4. The van der Waals surface area contributed by atoms with Crippen molar-refractivity contribution in [2.24, 2.45) is 0 Å². The number of hydrogen-bond donors (Lipinski definition) is 2. The Bertz CT molecular complexity index is 593. The van der Waals surface area contributed by atoms with Crippen molar-refractivity contribution in [3.05, 3.63) is 60.2 Å². The standard InChI is InChI=1S/C18H20N2/c1-2-6-13(7-3-1)19-14-10-11-18-16(12-14)15-8-4-5-9-17(15)20-18/h1-9,14,16,18-20H,10-12H2. The topological polar surface area (TPSA) is 24.1 Å². The molecule has 0 spiro atoms. The summed E-state index contributed by atoms with van der Waals surface area (Å²) in [5.74, 6) is 0.668. The summed E-state index contributed by atoms with van der Waals surface area (Å²) in [7, 11) is 0. The van der Waals surface area contributed by atoms with Crippen LogP contribution in [0.15, 0.2) is 54.6 Å². The molecule has 3 unspecified atom stereocenters. The van der Waals surface area contributed by atoms with E-state index in [0.717, 1.165) is 0 Å². The van der Waals surface area contributed by atoms with Gasteiger partial charge in [0.1, 0.15) is 0 Å². The second-order valence-electron chi connectivity index (χ2n) is 5.96. The molecule has 0 aromatic heterocycles. The van der Waals surface area contributed by atoms with Crippen molar-refractivity contribution in [3.8, 4) is 0 Å². The van der Waals surface area contributed by atoms with E-state index in [9.17, 15) is 0 Å². The van der Waals surface area contributed by atoms with Gasteiger partial charge in [-0.2, -0.15) is 0 Å². The van der Waals surface area contributed by atoms with Crippen LogP contribution >= 0.6 is 0 Å². The number of rotatable bonds is 2. The Morgan fingerprint density at radius 3 is 2.60 bits per heavy atom. The van der Waals surface area contributed by atoms with E-state index < -0.39 is 0 Å². The van der Waals surface area contributed by atoms with Crippen LogP contribution in [0.5, 0.6) is 0 Å². The zero-order valence-corrected chi connectivity index (χ0v) is 11.5. The molecule has 0 saturated heterocycles. The first-order chi connectivity index (χ1) is 9.90. The van der Waals surface area contributed by atoms with Crippen LogP contribution < -0.4 is 10.6 Å². The van der Waals surface area contributed by atoms with Gasteiger partial charge in [0.25, 0.3) is 0 Å². The predicted octanol–water partition coefficient (Wildman–Crippen LogP) is 4.23. The molecule has 3 atom stereocenters. The Morgan fingerprint density at radius 2 is 1.70 bits per heavy atom. The molecule has 2 heteroatoms. The van der Waals surface area contributed by atoms with Gasteiger partial charge in [-0.15, -0.1) is 0 Å². The van der Waals surface area contributed by atoms with Crippen molar-refractivity contribution >= 4 is 11.4 Å². The van der Waals surface area contributed by atoms with E-state index in [1.807, 2.05) is 0 Å². The van der Waals surface area contributed by atoms with Gasteiger partial charge < -0.3 is 10.6 Å². The van der Waals surface area contributed by atoms with E-state index in [-0.39, 0.29) is 0 Å². The quantitative estimate of drug-likeness (QED) is 0.848. The molecule has 1 saturated carbocycles. The van der Waals surface area contributed by atoms with Crippen LogP contribution in [-0.4, -0.2) is 12.1 Å². The molecule has 1 fully saturated rings. The molecule has 2 nitrogen and oxygen atoms in total. The fourth-order valence-corrected chi connectivity index (χ4v) is 3.74. The van der Waals surface area contributed by atoms with E-state index in [2.05, 4.69) is 65.2 Å². The Morgan fingerprint density at radius 1 is 0.900 bits per heavy atom. The molecule has 2 aliphatic rings. The summed E-state index contributed by atoms with van der Waals surface area (Å²) < 4.78 is 0. The number of fused-ring (bicyclic) bond motifs is 3. The van der Waals surface area contributed by atoms with Gasteiger partial charge in [0.15, 0.2) is 0 Å². The highest BCUT2D eigenvalue weighted by Gasteiger charge is 2.37. The lowest BCUT2D eigenvalue weighted by atomic mass is 9.80. The van der Waals surface area contributed by atoms with Crippen molar-refractivity contribution in [2.45, 2.75) is 37.3 Å². The van der Waals surface area contributed by atoms with Gasteiger partial charge in [-0.25, -0.2) is 0 Å². The number of anilines is 2. The third kappa shape index (κ3) is 2.05. The van der Waals surface area contributed by atoms with Crippen LogP contribution in [-0.2, 0) is 0 Å². The summed E-state index contributed by atoms with van der Waals surface area (Å²) in [6, 6.07) is 20.6. The van der Waals surface area contributed by atoms with Crippen LogP contribution in [0.1, 0.15) is 30.7 Å². The monoisotopic (exact) mass is 264 g/mol. The zero-order valence-electron chi connectivity index (χ0n) is 11.5. The Kier molecular flexibility index (Phi) is 2.87. The van der Waals surface area contributed by atoms with E-state index in [4.69, 9.17) is 0 Å². The van der Waals surface area contributed by atoms with Gasteiger partial charge in [-0.1, -0.05) is 36.4 Å². The Labute approximate surface area is 120 Å². The van der Waals surface area contributed by atoms with Gasteiger partial charge in [0, 0.05) is 29.4 Å². The molecular formula is C18H20N2. The predicted molar refractivity (Wildman–Crippen MR) is 84.3 cm³/mol. The molecule has 2 aromatic carbocycles. The van der Waals surface area contributed by atoms with Gasteiger partial charge in [0.05, 0.1) is 0 Å². The number of benzene rings is 2. The minimum Gasteiger partial charge on any atom is -0.382 e. The first-order valence-electron chi connectivity index (χ1n) is 7.57. The molecular weight excluding hydrogens is 244 g/mol. The second kappa shape index (κ2) is 4.86. The first-order valence-corrected chi connectivity index (χ1v) is 7.57. The molecule has 1 aliphatic heterocycles.